The van der Waals surface area contributed by atoms with Gasteiger partial charge in [-0.05, 0) is 31.6 Å². The zero-order valence-corrected chi connectivity index (χ0v) is 9.72. The minimum atomic E-state index is 0.320. The maximum atomic E-state index is 6.23. The molecule has 0 aromatic carbocycles. The van der Waals surface area contributed by atoms with Gasteiger partial charge in [0.05, 0.1) is 16.9 Å². The lowest BCUT2D eigenvalue weighted by Crippen LogP contribution is -2.06. The maximum Gasteiger partial charge on any atom is 0.0817 e. The largest absolute Gasteiger partial charge is 0.271 e. The summed E-state index contributed by atoms with van der Waals surface area (Å²) in [5.41, 5.74) is 1.10. The van der Waals surface area contributed by atoms with E-state index >= 15 is 0 Å². The van der Waals surface area contributed by atoms with E-state index in [1.807, 2.05) is 11.7 Å². The molecule has 0 amide bonds. The van der Waals surface area contributed by atoms with Gasteiger partial charge in [0, 0.05) is 12.4 Å². The quantitative estimate of drug-likeness (QED) is 0.731. The lowest BCUT2D eigenvalue weighted by Gasteiger charge is -2.07. The summed E-state index contributed by atoms with van der Waals surface area (Å²) in [6, 6.07) is 0. The monoisotopic (exact) mass is 232 g/mol. The highest BCUT2D eigenvalue weighted by Gasteiger charge is 2.29. The van der Waals surface area contributed by atoms with Crippen molar-refractivity contribution in [2.45, 2.75) is 31.1 Å². The van der Waals surface area contributed by atoms with Crippen LogP contribution in [0.3, 0.4) is 0 Å². The van der Waals surface area contributed by atoms with Crippen LogP contribution in [0.25, 0.3) is 0 Å². The summed E-state index contributed by atoms with van der Waals surface area (Å²) in [6.45, 7) is 0. The molecule has 1 heterocycles. The third kappa shape index (κ3) is 2.23. The number of halogens is 2. The molecule has 0 radical (unpaired) electrons. The second-order valence-corrected chi connectivity index (χ2v) is 4.92. The molecule has 0 aliphatic heterocycles. The van der Waals surface area contributed by atoms with Crippen molar-refractivity contribution in [2.75, 3.05) is 0 Å². The highest BCUT2D eigenvalue weighted by molar-refractivity contribution is 6.31. The number of rotatable bonds is 4. The zero-order chi connectivity index (χ0) is 10.1. The molecule has 0 N–H and O–H groups in total. The smallest absolute Gasteiger partial charge is 0.0817 e. The van der Waals surface area contributed by atoms with E-state index in [2.05, 4.69) is 5.10 Å². The average molecular weight is 233 g/mol. The van der Waals surface area contributed by atoms with Gasteiger partial charge in [-0.25, -0.2) is 0 Å². The van der Waals surface area contributed by atoms with Crippen LogP contribution in [0.5, 0.6) is 0 Å². The minimum absolute atomic E-state index is 0.320. The first-order valence-corrected chi connectivity index (χ1v) is 5.80. The van der Waals surface area contributed by atoms with E-state index in [1.165, 1.54) is 12.8 Å². The molecule has 2 nitrogen and oxygen atoms in total. The Bertz CT molecular complexity index is 298. The summed E-state index contributed by atoms with van der Waals surface area (Å²) in [5, 5.41) is 5.17. The van der Waals surface area contributed by atoms with Gasteiger partial charge in [-0.1, -0.05) is 11.6 Å². The van der Waals surface area contributed by atoms with Gasteiger partial charge in [0.25, 0.3) is 0 Å². The fraction of sp³-hybridized carbons (Fsp3) is 0.700. The number of nitrogens with zero attached hydrogens (tertiary/aromatic N) is 2. The third-order valence-corrected chi connectivity index (χ3v) is 3.69. The molecule has 1 saturated carbocycles. The lowest BCUT2D eigenvalue weighted by molar-refractivity contribution is 0.634. The Morgan fingerprint density at radius 2 is 2.36 bits per heavy atom. The topological polar surface area (TPSA) is 17.8 Å². The Morgan fingerprint density at radius 1 is 1.64 bits per heavy atom. The molecule has 2 rings (SSSR count). The number of aromatic nitrogens is 2. The van der Waals surface area contributed by atoms with Crippen LogP contribution in [-0.2, 0) is 13.5 Å². The van der Waals surface area contributed by atoms with Crippen LogP contribution in [0.1, 0.15) is 25.0 Å². The Hall–Kier alpha value is -0.210. The van der Waals surface area contributed by atoms with Crippen LogP contribution in [0.2, 0.25) is 5.02 Å². The second kappa shape index (κ2) is 4.11. The van der Waals surface area contributed by atoms with Gasteiger partial charge < -0.3 is 0 Å². The first-order valence-electron chi connectivity index (χ1n) is 4.99. The van der Waals surface area contributed by atoms with Gasteiger partial charge in [0.1, 0.15) is 0 Å². The lowest BCUT2D eigenvalue weighted by atomic mass is 10.1. The molecule has 1 aliphatic rings. The summed E-state index contributed by atoms with van der Waals surface area (Å²) >= 11 is 12.2. The summed E-state index contributed by atoms with van der Waals surface area (Å²) < 4.78 is 1.83. The van der Waals surface area contributed by atoms with Gasteiger partial charge in [-0.3, -0.25) is 4.68 Å². The van der Waals surface area contributed by atoms with Gasteiger partial charge >= 0.3 is 0 Å². The molecular weight excluding hydrogens is 219 g/mol. The average Bonchev–Trinajstić information content (AvgIpc) is 2.93. The molecule has 14 heavy (non-hydrogen) atoms. The van der Waals surface area contributed by atoms with Crippen molar-refractivity contribution < 1.29 is 0 Å². The zero-order valence-electron chi connectivity index (χ0n) is 8.21. The normalized spacial score (nSPS) is 18.5. The predicted octanol–water partition coefficient (Wildman–Crippen LogP) is 3.02. The van der Waals surface area contributed by atoms with Crippen LogP contribution in [0.4, 0.5) is 0 Å². The van der Waals surface area contributed by atoms with Crippen LogP contribution in [0.15, 0.2) is 6.20 Å². The predicted molar refractivity (Wildman–Crippen MR) is 58.9 cm³/mol. The van der Waals surface area contributed by atoms with Crippen molar-refractivity contribution >= 4 is 23.2 Å². The van der Waals surface area contributed by atoms with E-state index in [9.17, 15) is 0 Å². The summed E-state index contributed by atoms with van der Waals surface area (Å²) in [4.78, 5) is 0. The molecule has 4 heteroatoms. The van der Waals surface area contributed by atoms with E-state index in [-0.39, 0.29) is 0 Å². The van der Waals surface area contributed by atoms with Crippen molar-refractivity contribution in [1.82, 2.24) is 9.78 Å². The highest BCUT2D eigenvalue weighted by atomic mass is 35.5. The number of aryl methyl sites for hydroxylation is 1. The molecule has 1 fully saturated rings. The van der Waals surface area contributed by atoms with Gasteiger partial charge in [-0.15, -0.1) is 11.6 Å². The van der Waals surface area contributed by atoms with Crippen LogP contribution in [-0.4, -0.2) is 15.2 Å². The third-order valence-electron chi connectivity index (χ3n) is 2.80. The van der Waals surface area contributed by atoms with Gasteiger partial charge in [-0.2, -0.15) is 5.10 Å². The first kappa shape index (κ1) is 10.3. The van der Waals surface area contributed by atoms with Crippen LogP contribution < -0.4 is 0 Å². The van der Waals surface area contributed by atoms with Crippen molar-refractivity contribution in [3.8, 4) is 0 Å². The first-order chi connectivity index (χ1) is 6.68. The Morgan fingerprint density at radius 3 is 2.86 bits per heavy atom. The molecule has 1 aromatic rings. The van der Waals surface area contributed by atoms with Crippen molar-refractivity contribution in [2.24, 2.45) is 13.0 Å². The maximum absolute atomic E-state index is 6.23. The molecule has 78 valence electrons. The van der Waals surface area contributed by atoms with E-state index < -0.39 is 0 Å². The van der Waals surface area contributed by atoms with Crippen molar-refractivity contribution in [1.29, 1.82) is 0 Å². The molecule has 0 bridgehead atoms. The summed E-state index contributed by atoms with van der Waals surface area (Å²) in [7, 11) is 1.92. The molecule has 1 atom stereocenters. The van der Waals surface area contributed by atoms with E-state index in [1.54, 1.807) is 6.20 Å². The molecular formula is C10H14Cl2N2. The Labute approximate surface area is 94.2 Å². The molecule has 1 unspecified atom stereocenters. The van der Waals surface area contributed by atoms with E-state index in [0.717, 1.165) is 29.5 Å². The van der Waals surface area contributed by atoms with Crippen molar-refractivity contribution in [3.63, 3.8) is 0 Å². The highest BCUT2D eigenvalue weighted by Crippen LogP contribution is 2.37. The fourth-order valence-electron chi connectivity index (χ4n) is 1.69. The second-order valence-electron chi connectivity index (χ2n) is 3.95. The molecule has 0 spiro atoms. The van der Waals surface area contributed by atoms with E-state index in [4.69, 9.17) is 23.2 Å². The number of hydrogen-bond donors (Lipinski definition) is 0. The van der Waals surface area contributed by atoms with Gasteiger partial charge in [0.15, 0.2) is 0 Å². The van der Waals surface area contributed by atoms with Crippen molar-refractivity contribution in [3.05, 3.63) is 16.9 Å². The van der Waals surface area contributed by atoms with E-state index in [0.29, 0.717) is 5.38 Å². The molecule has 0 saturated heterocycles. The van der Waals surface area contributed by atoms with Crippen LogP contribution in [0, 0.1) is 5.92 Å². The minimum Gasteiger partial charge on any atom is -0.271 e. The number of alkyl halides is 1. The molecule has 1 aromatic heterocycles. The van der Waals surface area contributed by atoms with Crippen LogP contribution >= 0.6 is 23.2 Å². The summed E-state index contributed by atoms with van der Waals surface area (Å²) in [5.74, 6) is 0.753. The Kier molecular flexibility index (Phi) is 3.03. The van der Waals surface area contributed by atoms with Gasteiger partial charge in [0.2, 0.25) is 0 Å². The SMILES string of the molecule is Cn1ncc(Cl)c1CCC(Cl)C1CC1. The molecule has 1 aliphatic carbocycles. The standard InChI is InChI=1S/C10H14Cl2N2/c1-14-10(9(12)6-13-14)5-4-8(11)7-2-3-7/h6-8H,2-5H2,1H3. The Balaban J connectivity index is 1.90. The summed E-state index contributed by atoms with van der Waals surface area (Å²) in [6.07, 6.45) is 6.23. The fourth-order valence-corrected chi connectivity index (χ4v) is 2.31. The number of hydrogen-bond acceptors (Lipinski definition) is 1.